The van der Waals surface area contributed by atoms with E-state index in [1.165, 1.54) is 24.6 Å². The van der Waals surface area contributed by atoms with Crippen LogP contribution in [0.25, 0.3) is 0 Å². The summed E-state index contributed by atoms with van der Waals surface area (Å²) in [5, 5.41) is 0. The molecule has 100 valence electrons. The minimum absolute atomic E-state index is 0.269. The molecule has 0 atom stereocenters. The summed E-state index contributed by atoms with van der Waals surface area (Å²) in [6.07, 6.45) is -1.24. The Morgan fingerprint density at radius 2 is 2.00 bits per heavy atom. The number of alkyl halides is 3. The third-order valence-electron chi connectivity index (χ3n) is 2.84. The molecule has 1 aliphatic rings. The number of hydrogen-bond acceptors (Lipinski definition) is 2. The van der Waals surface area contributed by atoms with Gasteiger partial charge in [-0.05, 0) is 46.8 Å². The summed E-state index contributed by atoms with van der Waals surface area (Å²) >= 11 is 3.24. The van der Waals surface area contributed by atoms with Gasteiger partial charge in [-0.25, -0.2) is 0 Å². The SMILES string of the molecule is FC(F)(F)Oc1ccc(Br)c(OCC2CCC2)c1. The van der Waals surface area contributed by atoms with Gasteiger partial charge in [-0.1, -0.05) is 6.42 Å². The number of ether oxygens (including phenoxy) is 2. The average molecular weight is 325 g/mol. The van der Waals surface area contributed by atoms with Crippen molar-refractivity contribution in [3.05, 3.63) is 22.7 Å². The molecule has 1 aromatic carbocycles. The van der Waals surface area contributed by atoms with Crippen LogP contribution in [0.3, 0.4) is 0 Å². The van der Waals surface area contributed by atoms with Crippen LogP contribution in [0.2, 0.25) is 0 Å². The van der Waals surface area contributed by atoms with E-state index in [2.05, 4.69) is 20.7 Å². The highest BCUT2D eigenvalue weighted by Crippen LogP contribution is 2.34. The standard InChI is InChI=1S/C12H12BrF3O2/c13-10-5-4-9(18-12(14,15)16)6-11(10)17-7-8-2-1-3-8/h4-6,8H,1-3,7H2. The second kappa shape index (κ2) is 5.38. The Kier molecular flexibility index (Phi) is 4.04. The van der Waals surface area contributed by atoms with Crippen molar-refractivity contribution in [1.82, 2.24) is 0 Å². The van der Waals surface area contributed by atoms with E-state index >= 15 is 0 Å². The Labute approximate surface area is 111 Å². The van der Waals surface area contributed by atoms with Crippen molar-refractivity contribution >= 4 is 15.9 Å². The normalized spacial score (nSPS) is 16.2. The fraction of sp³-hybridized carbons (Fsp3) is 0.500. The highest BCUT2D eigenvalue weighted by molar-refractivity contribution is 9.10. The topological polar surface area (TPSA) is 18.5 Å². The number of benzene rings is 1. The zero-order chi connectivity index (χ0) is 13.2. The van der Waals surface area contributed by atoms with Crippen LogP contribution in [0.15, 0.2) is 22.7 Å². The maximum Gasteiger partial charge on any atom is 0.573 e. The summed E-state index contributed by atoms with van der Waals surface area (Å²) in [6.45, 7) is 0.536. The molecule has 0 amide bonds. The minimum Gasteiger partial charge on any atom is -0.492 e. The van der Waals surface area contributed by atoms with Gasteiger partial charge in [-0.15, -0.1) is 13.2 Å². The first kappa shape index (κ1) is 13.5. The molecule has 0 aromatic heterocycles. The van der Waals surface area contributed by atoms with Crippen molar-refractivity contribution in [1.29, 1.82) is 0 Å². The van der Waals surface area contributed by atoms with Gasteiger partial charge in [0.25, 0.3) is 0 Å². The van der Waals surface area contributed by atoms with Crippen LogP contribution < -0.4 is 9.47 Å². The largest absolute Gasteiger partial charge is 0.573 e. The first-order valence-electron chi connectivity index (χ1n) is 5.62. The van der Waals surface area contributed by atoms with Crippen LogP contribution in [0, 0.1) is 5.92 Å². The zero-order valence-corrected chi connectivity index (χ0v) is 11.1. The van der Waals surface area contributed by atoms with E-state index in [0.717, 1.165) is 12.8 Å². The maximum absolute atomic E-state index is 12.1. The molecule has 0 aliphatic heterocycles. The Hall–Kier alpha value is -0.910. The van der Waals surface area contributed by atoms with Gasteiger partial charge in [-0.3, -0.25) is 0 Å². The molecule has 0 radical (unpaired) electrons. The van der Waals surface area contributed by atoms with Crippen LogP contribution in [0.1, 0.15) is 19.3 Å². The lowest BCUT2D eigenvalue weighted by Crippen LogP contribution is -2.19. The lowest BCUT2D eigenvalue weighted by molar-refractivity contribution is -0.274. The zero-order valence-electron chi connectivity index (χ0n) is 9.47. The second-order valence-electron chi connectivity index (χ2n) is 4.25. The van der Waals surface area contributed by atoms with Gasteiger partial charge in [0.2, 0.25) is 0 Å². The summed E-state index contributed by atoms with van der Waals surface area (Å²) in [6, 6.07) is 3.97. The Balaban J connectivity index is 2.01. The Bertz CT molecular complexity index is 416. The molecule has 6 heteroatoms. The summed E-state index contributed by atoms with van der Waals surface area (Å²) in [4.78, 5) is 0. The molecule has 0 heterocycles. The minimum atomic E-state index is -4.68. The van der Waals surface area contributed by atoms with Crippen LogP contribution in [0.5, 0.6) is 11.5 Å². The molecule has 2 nitrogen and oxygen atoms in total. The highest BCUT2D eigenvalue weighted by atomic mass is 79.9. The van der Waals surface area contributed by atoms with Crippen molar-refractivity contribution in [3.63, 3.8) is 0 Å². The van der Waals surface area contributed by atoms with Gasteiger partial charge in [0.15, 0.2) is 0 Å². The second-order valence-corrected chi connectivity index (χ2v) is 5.10. The lowest BCUT2D eigenvalue weighted by Gasteiger charge is -2.25. The number of halogens is 4. The smallest absolute Gasteiger partial charge is 0.492 e. The molecule has 2 rings (SSSR count). The van der Waals surface area contributed by atoms with Crippen LogP contribution in [-0.2, 0) is 0 Å². The van der Waals surface area contributed by atoms with Crippen molar-refractivity contribution in [2.75, 3.05) is 6.61 Å². The summed E-state index contributed by atoms with van der Waals surface area (Å²) in [5.74, 6) is 0.627. The first-order chi connectivity index (χ1) is 8.44. The number of hydrogen-bond donors (Lipinski definition) is 0. The molecule has 0 saturated heterocycles. The molecule has 0 bridgehead atoms. The van der Waals surface area contributed by atoms with Crippen molar-refractivity contribution in [3.8, 4) is 11.5 Å². The Morgan fingerprint density at radius 1 is 1.28 bits per heavy atom. The lowest BCUT2D eigenvalue weighted by atomic mass is 9.86. The van der Waals surface area contributed by atoms with Crippen molar-refractivity contribution < 1.29 is 22.6 Å². The van der Waals surface area contributed by atoms with Crippen LogP contribution in [0.4, 0.5) is 13.2 Å². The molecule has 1 aliphatic carbocycles. The van der Waals surface area contributed by atoms with E-state index in [1.807, 2.05) is 0 Å². The predicted molar refractivity (Wildman–Crippen MR) is 63.7 cm³/mol. The van der Waals surface area contributed by atoms with E-state index < -0.39 is 6.36 Å². The van der Waals surface area contributed by atoms with Gasteiger partial charge in [0.1, 0.15) is 11.5 Å². The van der Waals surface area contributed by atoms with Gasteiger partial charge in [0.05, 0.1) is 11.1 Å². The quantitative estimate of drug-likeness (QED) is 0.810. The summed E-state index contributed by atoms with van der Waals surface area (Å²) in [7, 11) is 0. The first-order valence-corrected chi connectivity index (χ1v) is 6.41. The average Bonchev–Trinajstić information content (AvgIpc) is 2.18. The van der Waals surface area contributed by atoms with Gasteiger partial charge in [0, 0.05) is 6.07 Å². The molecular weight excluding hydrogens is 313 g/mol. The third kappa shape index (κ3) is 3.80. The molecular formula is C12H12BrF3O2. The van der Waals surface area contributed by atoms with Gasteiger partial charge >= 0.3 is 6.36 Å². The van der Waals surface area contributed by atoms with Crippen LogP contribution >= 0.6 is 15.9 Å². The van der Waals surface area contributed by atoms with E-state index in [4.69, 9.17) is 4.74 Å². The van der Waals surface area contributed by atoms with E-state index in [1.54, 1.807) is 0 Å². The van der Waals surface area contributed by atoms with E-state index in [-0.39, 0.29) is 5.75 Å². The van der Waals surface area contributed by atoms with Gasteiger partial charge < -0.3 is 9.47 Å². The molecule has 18 heavy (non-hydrogen) atoms. The fourth-order valence-electron chi connectivity index (χ4n) is 1.66. The molecule has 0 N–H and O–H groups in total. The van der Waals surface area contributed by atoms with E-state index in [0.29, 0.717) is 22.7 Å². The summed E-state index contributed by atoms with van der Waals surface area (Å²) < 4.78 is 46.2. The monoisotopic (exact) mass is 324 g/mol. The molecule has 0 unspecified atom stereocenters. The third-order valence-corrected chi connectivity index (χ3v) is 3.49. The summed E-state index contributed by atoms with van der Waals surface area (Å²) in [5.41, 5.74) is 0. The highest BCUT2D eigenvalue weighted by Gasteiger charge is 2.31. The van der Waals surface area contributed by atoms with Gasteiger partial charge in [-0.2, -0.15) is 0 Å². The van der Waals surface area contributed by atoms with Crippen molar-refractivity contribution in [2.24, 2.45) is 5.92 Å². The molecule has 1 fully saturated rings. The fourth-order valence-corrected chi connectivity index (χ4v) is 2.02. The molecule has 1 aromatic rings. The van der Waals surface area contributed by atoms with Crippen LogP contribution in [-0.4, -0.2) is 13.0 Å². The molecule has 0 spiro atoms. The van der Waals surface area contributed by atoms with E-state index in [9.17, 15) is 13.2 Å². The predicted octanol–water partition coefficient (Wildman–Crippen LogP) is 4.53. The maximum atomic E-state index is 12.1. The Morgan fingerprint density at radius 3 is 2.56 bits per heavy atom. The number of rotatable bonds is 4. The molecule has 1 saturated carbocycles. The van der Waals surface area contributed by atoms with Crippen molar-refractivity contribution in [2.45, 2.75) is 25.6 Å².